The summed E-state index contributed by atoms with van der Waals surface area (Å²) in [7, 11) is 0. The number of para-hydroxylation sites is 1. The maximum Gasteiger partial charge on any atom is 0.267 e. The number of hydrogen-bond acceptors (Lipinski definition) is 4. The number of nitrogens with zero attached hydrogens (tertiary/aromatic N) is 2. The van der Waals surface area contributed by atoms with Crippen LogP contribution in [0.3, 0.4) is 0 Å². The highest BCUT2D eigenvalue weighted by Gasteiger charge is 2.09. The van der Waals surface area contributed by atoms with Crippen molar-refractivity contribution in [3.63, 3.8) is 0 Å². The molecule has 0 aliphatic heterocycles. The largest absolute Gasteiger partial charge is 0.331 e. The van der Waals surface area contributed by atoms with E-state index in [4.69, 9.17) is 5.21 Å². The zero-order chi connectivity index (χ0) is 19.9. The van der Waals surface area contributed by atoms with Crippen molar-refractivity contribution >= 4 is 23.6 Å². The van der Waals surface area contributed by atoms with Crippen LogP contribution >= 0.6 is 0 Å². The second-order valence-electron chi connectivity index (χ2n) is 6.15. The third-order valence-corrected chi connectivity index (χ3v) is 4.20. The second-order valence-corrected chi connectivity index (χ2v) is 6.15. The van der Waals surface area contributed by atoms with Crippen molar-refractivity contribution in [3.8, 4) is 0 Å². The number of hydrogen-bond donors (Lipinski definition) is 3. The lowest BCUT2D eigenvalue weighted by Crippen LogP contribution is -2.15. The first kappa shape index (κ1) is 19.1. The van der Waals surface area contributed by atoms with E-state index in [1.165, 1.54) is 17.6 Å². The highest BCUT2D eigenvalue weighted by Crippen LogP contribution is 2.18. The highest BCUT2D eigenvalue weighted by atomic mass is 16.5. The van der Waals surface area contributed by atoms with Gasteiger partial charge >= 0.3 is 0 Å². The normalized spacial score (nSPS) is 10.8. The molecule has 28 heavy (non-hydrogen) atoms. The van der Waals surface area contributed by atoms with E-state index < -0.39 is 5.91 Å². The highest BCUT2D eigenvalue weighted by molar-refractivity contribution is 6.05. The summed E-state index contributed by atoms with van der Waals surface area (Å²) in [6.07, 6.45) is 6.33. The summed E-state index contributed by atoms with van der Waals surface area (Å²) in [6.45, 7) is 2.56. The van der Waals surface area contributed by atoms with Crippen molar-refractivity contribution in [3.05, 3.63) is 89.5 Å². The Bertz CT molecular complexity index is 1020. The summed E-state index contributed by atoms with van der Waals surface area (Å²) in [6, 6.07) is 14.5. The van der Waals surface area contributed by atoms with Gasteiger partial charge in [-0.3, -0.25) is 14.8 Å². The molecule has 3 N–H and O–H groups in total. The second kappa shape index (κ2) is 8.79. The van der Waals surface area contributed by atoms with Gasteiger partial charge < -0.3 is 9.88 Å². The van der Waals surface area contributed by atoms with Gasteiger partial charge in [0.2, 0.25) is 0 Å². The Morgan fingerprint density at radius 3 is 2.75 bits per heavy atom. The van der Waals surface area contributed by atoms with Gasteiger partial charge in [0.1, 0.15) is 5.82 Å². The Morgan fingerprint density at radius 1 is 1.18 bits per heavy atom. The van der Waals surface area contributed by atoms with E-state index >= 15 is 0 Å². The van der Waals surface area contributed by atoms with E-state index in [0.717, 1.165) is 11.4 Å². The van der Waals surface area contributed by atoms with Crippen LogP contribution in [0, 0.1) is 6.92 Å². The van der Waals surface area contributed by atoms with Gasteiger partial charge in [0.05, 0.1) is 0 Å². The molecule has 7 heteroatoms. The Hall–Kier alpha value is -3.71. The van der Waals surface area contributed by atoms with Crippen molar-refractivity contribution in [2.45, 2.75) is 13.5 Å². The lowest BCUT2D eigenvalue weighted by molar-refractivity contribution is -0.124. The number of anilines is 1. The van der Waals surface area contributed by atoms with E-state index in [1.54, 1.807) is 36.5 Å². The average Bonchev–Trinajstić information content (AvgIpc) is 3.11. The number of carbonyl (C=O) groups is 2. The van der Waals surface area contributed by atoms with Gasteiger partial charge in [-0.1, -0.05) is 30.3 Å². The molecule has 142 valence electrons. The van der Waals surface area contributed by atoms with Crippen molar-refractivity contribution in [2.75, 3.05) is 5.32 Å². The molecule has 3 rings (SSSR count). The fourth-order valence-corrected chi connectivity index (χ4v) is 2.73. The number of rotatable bonds is 6. The molecule has 0 fully saturated rings. The number of nitrogens with one attached hydrogen (secondary N) is 2. The first-order valence-electron chi connectivity index (χ1n) is 8.66. The predicted molar refractivity (Wildman–Crippen MR) is 106 cm³/mol. The molecule has 0 spiro atoms. The zero-order valence-electron chi connectivity index (χ0n) is 15.3. The summed E-state index contributed by atoms with van der Waals surface area (Å²) >= 11 is 0. The number of aryl methyl sites for hydroxylation is 1. The summed E-state index contributed by atoms with van der Waals surface area (Å²) in [5.74, 6) is 0.00257. The summed E-state index contributed by atoms with van der Waals surface area (Å²) < 4.78 is 2.00. The van der Waals surface area contributed by atoms with Gasteiger partial charge in [0.25, 0.3) is 11.8 Å². The van der Waals surface area contributed by atoms with Gasteiger partial charge in [-0.25, -0.2) is 10.5 Å². The van der Waals surface area contributed by atoms with Crippen LogP contribution in [0.5, 0.6) is 0 Å². The molecule has 0 bridgehead atoms. The van der Waals surface area contributed by atoms with Gasteiger partial charge in [0.15, 0.2) is 0 Å². The molecule has 3 aromatic rings. The van der Waals surface area contributed by atoms with E-state index in [0.29, 0.717) is 23.4 Å². The van der Waals surface area contributed by atoms with Crippen LogP contribution in [-0.4, -0.2) is 26.6 Å². The van der Waals surface area contributed by atoms with Crippen LogP contribution < -0.4 is 10.8 Å². The molecule has 0 saturated carbocycles. The standard InChI is InChI=1S/C21H20N4O3/c1-15-22-11-12-25(15)14-16-5-4-7-18(13-16)21(27)23-19-8-3-2-6-17(19)9-10-20(26)24-28/h2-13,28H,14H2,1H3,(H,23,27)(H,24,26)/b10-9+. The van der Waals surface area contributed by atoms with Crippen molar-refractivity contribution < 1.29 is 14.8 Å². The first-order chi connectivity index (χ1) is 13.6. The van der Waals surface area contributed by atoms with Crippen molar-refractivity contribution in [1.29, 1.82) is 0 Å². The SMILES string of the molecule is Cc1nccn1Cc1cccc(C(=O)Nc2ccccc2/C=C/C(=O)NO)c1. The van der Waals surface area contributed by atoms with E-state index in [-0.39, 0.29) is 5.91 Å². The molecule has 0 unspecified atom stereocenters. The molecule has 7 nitrogen and oxygen atoms in total. The number of hydroxylamine groups is 1. The van der Waals surface area contributed by atoms with E-state index in [2.05, 4.69) is 10.3 Å². The minimum Gasteiger partial charge on any atom is -0.331 e. The summed E-state index contributed by atoms with van der Waals surface area (Å²) in [4.78, 5) is 28.1. The number of imidazole rings is 1. The zero-order valence-corrected chi connectivity index (χ0v) is 15.3. The molecular formula is C21H20N4O3. The van der Waals surface area contributed by atoms with Crippen LogP contribution in [0.25, 0.3) is 6.08 Å². The fraction of sp³-hybridized carbons (Fsp3) is 0.0952. The van der Waals surface area contributed by atoms with Crippen LogP contribution in [0.4, 0.5) is 5.69 Å². The fourth-order valence-electron chi connectivity index (χ4n) is 2.73. The molecular weight excluding hydrogens is 356 g/mol. The van der Waals surface area contributed by atoms with Gasteiger partial charge in [0, 0.05) is 36.3 Å². The molecule has 2 amide bonds. The Balaban J connectivity index is 1.77. The number of aromatic nitrogens is 2. The van der Waals surface area contributed by atoms with Gasteiger partial charge in [-0.05, 0) is 42.3 Å². The number of benzene rings is 2. The molecule has 0 aliphatic rings. The lowest BCUT2D eigenvalue weighted by atomic mass is 10.1. The van der Waals surface area contributed by atoms with Crippen LogP contribution in [0.15, 0.2) is 67.0 Å². The third kappa shape index (κ3) is 4.72. The maximum atomic E-state index is 12.7. The van der Waals surface area contributed by atoms with E-state index in [9.17, 15) is 9.59 Å². The van der Waals surface area contributed by atoms with Crippen LogP contribution in [0.1, 0.15) is 27.3 Å². The minimum absolute atomic E-state index is 0.253. The average molecular weight is 376 g/mol. The first-order valence-corrected chi connectivity index (χ1v) is 8.66. The molecule has 0 atom stereocenters. The Morgan fingerprint density at radius 2 is 2.00 bits per heavy atom. The summed E-state index contributed by atoms with van der Waals surface area (Å²) in [5, 5.41) is 11.4. The minimum atomic E-state index is -0.649. The Kier molecular flexibility index (Phi) is 5.98. The molecule has 1 heterocycles. The molecule has 2 aromatic carbocycles. The van der Waals surface area contributed by atoms with Crippen molar-refractivity contribution in [2.24, 2.45) is 0 Å². The smallest absolute Gasteiger partial charge is 0.267 e. The number of carbonyl (C=O) groups excluding carboxylic acids is 2. The lowest BCUT2D eigenvalue weighted by Gasteiger charge is -2.10. The number of amides is 2. The van der Waals surface area contributed by atoms with Gasteiger partial charge in [-0.15, -0.1) is 0 Å². The topological polar surface area (TPSA) is 96.2 Å². The Labute approximate surface area is 162 Å². The third-order valence-electron chi connectivity index (χ3n) is 4.20. The van der Waals surface area contributed by atoms with Crippen LogP contribution in [-0.2, 0) is 11.3 Å². The molecule has 0 saturated heterocycles. The maximum absolute atomic E-state index is 12.7. The predicted octanol–water partition coefficient (Wildman–Crippen LogP) is 3.01. The monoisotopic (exact) mass is 376 g/mol. The van der Waals surface area contributed by atoms with Gasteiger partial charge in [-0.2, -0.15) is 0 Å². The van der Waals surface area contributed by atoms with Crippen molar-refractivity contribution in [1.82, 2.24) is 15.0 Å². The molecule has 0 aliphatic carbocycles. The quantitative estimate of drug-likeness (QED) is 0.350. The molecule has 1 aromatic heterocycles. The van der Waals surface area contributed by atoms with E-state index in [1.807, 2.05) is 35.9 Å². The van der Waals surface area contributed by atoms with Crippen LogP contribution in [0.2, 0.25) is 0 Å². The molecule has 0 radical (unpaired) electrons. The summed E-state index contributed by atoms with van der Waals surface area (Å²) in [5.41, 5.74) is 4.25.